The molecule has 0 aliphatic rings. The minimum atomic E-state index is -0.705. The van der Waals surface area contributed by atoms with Crippen molar-refractivity contribution in [2.45, 2.75) is 6.17 Å². The van der Waals surface area contributed by atoms with E-state index >= 15 is 0 Å². The van der Waals surface area contributed by atoms with Crippen molar-refractivity contribution in [2.24, 2.45) is 0 Å². The molecule has 0 spiro atoms. The lowest BCUT2D eigenvalue weighted by atomic mass is 10.1. The van der Waals surface area contributed by atoms with Crippen LogP contribution >= 0.6 is 0 Å². The lowest BCUT2D eigenvalue weighted by molar-refractivity contribution is -0.393. The zero-order valence-electron chi connectivity index (χ0n) is 13.7. The zero-order valence-corrected chi connectivity index (χ0v) is 13.7. The molecule has 1 unspecified atom stereocenters. The van der Waals surface area contributed by atoms with Gasteiger partial charge in [0.05, 0.1) is 22.2 Å². The summed E-state index contributed by atoms with van der Waals surface area (Å²) in [6, 6.07) is 9.69. The van der Waals surface area contributed by atoms with Crippen LogP contribution in [0, 0.1) is 20.2 Å². The van der Waals surface area contributed by atoms with Crippen molar-refractivity contribution in [1.29, 1.82) is 0 Å². The number of aromatic hydroxyl groups is 1. The van der Waals surface area contributed by atoms with Crippen molar-refractivity contribution in [3.63, 3.8) is 0 Å². The van der Waals surface area contributed by atoms with Crippen molar-refractivity contribution >= 4 is 17.1 Å². The Morgan fingerprint density at radius 3 is 2.41 bits per heavy atom. The third kappa shape index (κ3) is 3.99. The number of hydrazine groups is 1. The Morgan fingerprint density at radius 1 is 1.07 bits per heavy atom. The summed E-state index contributed by atoms with van der Waals surface area (Å²) >= 11 is 0. The highest BCUT2D eigenvalue weighted by molar-refractivity contribution is 5.64. The molecule has 0 aliphatic carbocycles. The number of phenols is 1. The fourth-order valence-corrected chi connectivity index (χ4v) is 2.45. The molecule has 1 aromatic heterocycles. The monoisotopic (exact) mass is 370 g/mol. The maximum absolute atomic E-state index is 11.2. The maximum Gasteiger partial charge on any atom is 0.300 e. The molecule has 3 N–H and O–H groups in total. The summed E-state index contributed by atoms with van der Waals surface area (Å²) < 4.78 is 1.70. The molecule has 0 radical (unpaired) electrons. The average molecular weight is 370 g/mol. The molecule has 27 heavy (non-hydrogen) atoms. The number of benzene rings is 2. The summed E-state index contributed by atoms with van der Waals surface area (Å²) in [5.74, 6) is 0.0992. The Labute approximate surface area is 152 Å². The van der Waals surface area contributed by atoms with Crippen LogP contribution in [-0.4, -0.2) is 24.5 Å². The third-order valence-corrected chi connectivity index (χ3v) is 3.76. The van der Waals surface area contributed by atoms with Crippen LogP contribution in [0.5, 0.6) is 5.75 Å². The van der Waals surface area contributed by atoms with Gasteiger partial charge in [0.15, 0.2) is 0 Å². The first-order valence-corrected chi connectivity index (χ1v) is 7.66. The highest BCUT2D eigenvalue weighted by Crippen LogP contribution is 2.29. The second-order valence-electron chi connectivity index (χ2n) is 5.49. The molecular weight excluding hydrogens is 356 g/mol. The van der Waals surface area contributed by atoms with E-state index in [0.717, 1.165) is 11.6 Å². The number of nitrogens with zero attached hydrogens (tertiary/aromatic N) is 4. The van der Waals surface area contributed by atoms with Crippen molar-refractivity contribution in [3.8, 4) is 5.75 Å². The predicted octanol–water partition coefficient (Wildman–Crippen LogP) is 2.57. The average Bonchev–Trinajstić information content (AvgIpc) is 3.17. The summed E-state index contributed by atoms with van der Waals surface area (Å²) in [6.07, 6.45) is 4.30. The van der Waals surface area contributed by atoms with Crippen LogP contribution in [0.1, 0.15) is 11.7 Å². The van der Waals surface area contributed by atoms with Crippen molar-refractivity contribution < 1.29 is 15.0 Å². The highest BCUT2D eigenvalue weighted by Gasteiger charge is 2.21. The van der Waals surface area contributed by atoms with E-state index in [4.69, 9.17) is 0 Å². The van der Waals surface area contributed by atoms with Crippen LogP contribution in [-0.2, 0) is 0 Å². The van der Waals surface area contributed by atoms with Gasteiger partial charge in [0.25, 0.3) is 5.69 Å². The first-order valence-electron chi connectivity index (χ1n) is 7.66. The number of nitrogens with one attached hydrogen (secondary N) is 2. The number of non-ortho nitro benzene ring substituents is 1. The van der Waals surface area contributed by atoms with Gasteiger partial charge in [-0.3, -0.25) is 20.2 Å². The number of rotatable bonds is 7. The summed E-state index contributed by atoms with van der Waals surface area (Å²) in [5, 5.41) is 31.5. The lowest BCUT2D eigenvalue weighted by Crippen LogP contribution is -2.32. The zero-order chi connectivity index (χ0) is 19.4. The van der Waals surface area contributed by atoms with Crippen LogP contribution in [0.15, 0.2) is 61.2 Å². The molecule has 3 rings (SSSR count). The molecule has 138 valence electrons. The first-order chi connectivity index (χ1) is 13.0. The summed E-state index contributed by atoms with van der Waals surface area (Å²) in [4.78, 5) is 24.7. The van der Waals surface area contributed by atoms with E-state index in [1.807, 2.05) is 0 Å². The van der Waals surface area contributed by atoms with E-state index in [1.165, 1.54) is 24.3 Å². The largest absolute Gasteiger partial charge is 0.508 e. The molecule has 0 saturated carbocycles. The maximum atomic E-state index is 11.2. The molecule has 11 heteroatoms. The van der Waals surface area contributed by atoms with Crippen molar-refractivity contribution in [3.05, 3.63) is 87.0 Å². The van der Waals surface area contributed by atoms with Crippen LogP contribution in [0.4, 0.5) is 17.1 Å². The molecule has 0 saturated heterocycles. The Kier molecular flexibility index (Phi) is 4.95. The second kappa shape index (κ2) is 7.49. The summed E-state index contributed by atoms with van der Waals surface area (Å²) in [5.41, 5.74) is 5.66. The molecule has 1 heterocycles. The Hall–Kier alpha value is -3.99. The molecule has 2 aromatic carbocycles. The molecule has 0 aliphatic heterocycles. The molecule has 1 atom stereocenters. The smallest absolute Gasteiger partial charge is 0.300 e. The van der Waals surface area contributed by atoms with E-state index in [-0.39, 0.29) is 17.1 Å². The number of hydrogen-bond acceptors (Lipinski definition) is 8. The van der Waals surface area contributed by atoms with Gasteiger partial charge in [-0.15, -0.1) is 0 Å². The van der Waals surface area contributed by atoms with Crippen LogP contribution in [0.25, 0.3) is 0 Å². The quantitative estimate of drug-likeness (QED) is 0.424. The van der Waals surface area contributed by atoms with Crippen LogP contribution < -0.4 is 10.9 Å². The van der Waals surface area contributed by atoms with Gasteiger partial charge in [-0.1, -0.05) is 12.1 Å². The number of aromatic nitrogens is 2. The van der Waals surface area contributed by atoms with Gasteiger partial charge < -0.3 is 15.1 Å². The Bertz CT molecular complexity index is 958. The number of phenolic OH excluding ortho intramolecular Hbond substituents is 1. The van der Waals surface area contributed by atoms with Gasteiger partial charge >= 0.3 is 5.69 Å². The van der Waals surface area contributed by atoms with Gasteiger partial charge in [-0.05, 0) is 23.8 Å². The number of imidazole rings is 1. The predicted molar refractivity (Wildman–Crippen MR) is 95.0 cm³/mol. The molecule has 11 nitrogen and oxygen atoms in total. The van der Waals surface area contributed by atoms with Gasteiger partial charge in [0.1, 0.15) is 17.6 Å². The summed E-state index contributed by atoms with van der Waals surface area (Å²) in [7, 11) is 0. The fourth-order valence-electron chi connectivity index (χ4n) is 2.45. The Balaban J connectivity index is 1.89. The first kappa shape index (κ1) is 17.8. The molecule has 0 amide bonds. The van der Waals surface area contributed by atoms with E-state index in [1.54, 1.807) is 35.4 Å². The number of nitro benzene ring substituents is 2. The minimum absolute atomic E-state index is 0.0643. The minimum Gasteiger partial charge on any atom is -0.508 e. The molecule has 3 aromatic rings. The van der Waals surface area contributed by atoms with E-state index in [9.17, 15) is 25.3 Å². The molecule has 0 bridgehead atoms. The van der Waals surface area contributed by atoms with E-state index in [2.05, 4.69) is 15.8 Å². The van der Waals surface area contributed by atoms with Gasteiger partial charge in [-0.2, -0.15) is 0 Å². The van der Waals surface area contributed by atoms with E-state index < -0.39 is 21.7 Å². The van der Waals surface area contributed by atoms with Gasteiger partial charge in [-0.25, -0.2) is 10.4 Å². The SMILES string of the molecule is O=[N+]([O-])c1ccc(NNC(c2ccc(O)cc2)n2ccnc2)c([N+](=O)[O-])c1. The third-order valence-electron chi connectivity index (χ3n) is 3.76. The molecule has 0 fully saturated rings. The van der Waals surface area contributed by atoms with Gasteiger partial charge in [0, 0.05) is 18.5 Å². The normalized spacial score (nSPS) is 11.7. The second-order valence-corrected chi connectivity index (χ2v) is 5.49. The van der Waals surface area contributed by atoms with E-state index in [0.29, 0.717) is 0 Å². The standard InChI is InChI=1S/C16H14N6O5/c23-13-4-1-11(2-5-13)16(20-8-7-17-10-20)19-18-14-6-3-12(21(24)25)9-15(14)22(26)27/h1-10,16,18-19,23H. The fraction of sp³-hybridized carbons (Fsp3) is 0.0625. The number of anilines is 1. The lowest BCUT2D eigenvalue weighted by Gasteiger charge is -2.21. The highest BCUT2D eigenvalue weighted by atomic mass is 16.6. The van der Waals surface area contributed by atoms with Crippen molar-refractivity contribution in [2.75, 3.05) is 5.43 Å². The topological polar surface area (TPSA) is 148 Å². The van der Waals surface area contributed by atoms with Crippen molar-refractivity contribution in [1.82, 2.24) is 15.0 Å². The number of hydrogen-bond donors (Lipinski definition) is 3. The molecular formula is C16H14N6O5. The number of nitro groups is 2. The summed E-state index contributed by atoms with van der Waals surface area (Å²) in [6.45, 7) is 0. The van der Waals surface area contributed by atoms with Crippen LogP contribution in [0.3, 0.4) is 0 Å². The Morgan fingerprint density at radius 2 is 1.81 bits per heavy atom. The van der Waals surface area contributed by atoms with Gasteiger partial charge in [0.2, 0.25) is 0 Å². The van der Waals surface area contributed by atoms with Crippen LogP contribution in [0.2, 0.25) is 0 Å².